The van der Waals surface area contributed by atoms with E-state index in [1.807, 2.05) is 30.3 Å². The summed E-state index contributed by atoms with van der Waals surface area (Å²) in [7, 11) is -1.28. The van der Waals surface area contributed by atoms with Crippen molar-refractivity contribution in [2.75, 3.05) is 30.3 Å². The van der Waals surface area contributed by atoms with E-state index in [0.29, 0.717) is 5.01 Å². The van der Waals surface area contributed by atoms with E-state index in [2.05, 4.69) is 15.5 Å². The fourth-order valence-electron chi connectivity index (χ4n) is 2.37. The van der Waals surface area contributed by atoms with Crippen LogP contribution in [-0.2, 0) is 15.0 Å². The van der Waals surface area contributed by atoms with E-state index in [9.17, 15) is 17.6 Å². The van der Waals surface area contributed by atoms with Crippen molar-refractivity contribution < 1.29 is 17.6 Å². The number of carbonyl (C=O) groups excluding carboxylic acids is 1. The van der Waals surface area contributed by atoms with Crippen molar-refractivity contribution in [3.8, 4) is 10.6 Å². The summed E-state index contributed by atoms with van der Waals surface area (Å²) in [5.41, 5.74) is 1.02. The van der Waals surface area contributed by atoms with Gasteiger partial charge in [-0.25, -0.2) is 8.70 Å². The summed E-state index contributed by atoms with van der Waals surface area (Å²) in [5.74, 6) is -1.11. The minimum absolute atomic E-state index is 0.164. The molecule has 0 radical (unpaired) electrons. The average Bonchev–Trinajstić information content (AvgIpc) is 3.16. The number of aromatic nitrogens is 2. The third-order valence-corrected chi connectivity index (χ3v) is 6.54. The summed E-state index contributed by atoms with van der Waals surface area (Å²) in [6.07, 6.45) is 0. The first-order chi connectivity index (χ1) is 13.8. The van der Waals surface area contributed by atoms with E-state index >= 15 is 0 Å². The van der Waals surface area contributed by atoms with Crippen molar-refractivity contribution >= 4 is 38.3 Å². The maximum absolute atomic E-state index is 13.2. The lowest BCUT2D eigenvalue weighted by Gasteiger charge is -2.26. The van der Waals surface area contributed by atoms with Crippen LogP contribution in [-0.4, -0.2) is 49.5 Å². The Hall–Kier alpha value is -2.89. The molecule has 1 aromatic heterocycles. The van der Waals surface area contributed by atoms with Gasteiger partial charge in [0.15, 0.2) is 0 Å². The van der Waals surface area contributed by atoms with Crippen LogP contribution in [0.2, 0.25) is 0 Å². The number of nitrogens with one attached hydrogen (secondary N) is 1. The van der Waals surface area contributed by atoms with Gasteiger partial charge >= 0.3 is 10.2 Å². The number of rotatable bonds is 7. The molecule has 1 N–H and O–H groups in total. The molecule has 8 nitrogen and oxygen atoms in total. The molecule has 1 amide bonds. The second-order valence-corrected chi connectivity index (χ2v) is 9.14. The van der Waals surface area contributed by atoms with Gasteiger partial charge in [-0.15, -0.1) is 10.2 Å². The van der Waals surface area contributed by atoms with Crippen molar-refractivity contribution in [2.45, 2.75) is 0 Å². The van der Waals surface area contributed by atoms with Gasteiger partial charge in [-0.2, -0.15) is 12.7 Å². The summed E-state index contributed by atoms with van der Waals surface area (Å²) >= 11 is 1.17. The van der Waals surface area contributed by atoms with Gasteiger partial charge < -0.3 is 0 Å². The Balaban J connectivity index is 1.78. The molecule has 0 aliphatic carbocycles. The number of hydrogen-bond acceptors (Lipinski definition) is 6. The lowest BCUT2D eigenvalue weighted by atomic mass is 10.2. The molecule has 0 aliphatic heterocycles. The summed E-state index contributed by atoms with van der Waals surface area (Å²) in [4.78, 5) is 12.5. The number of carbonyl (C=O) groups is 1. The van der Waals surface area contributed by atoms with Crippen LogP contribution in [0.1, 0.15) is 0 Å². The zero-order chi connectivity index (χ0) is 21.0. The van der Waals surface area contributed by atoms with Crippen LogP contribution in [0.25, 0.3) is 10.6 Å². The lowest BCUT2D eigenvalue weighted by molar-refractivity contribution is -0.114. The van der Waals surface area contributed by atoms with Gasteiger partial charge in [-0.1, -0.05) is 41.7 Å². The van der Waals surface area contributed by atoms with Crippen LogP contribution in [0.4, 0.5) is 15.2 Å². The van der Waals surface area contributed by atoms with Crippen LogP contribution in [0.15, 0.2) is 54.6 Å². The van der Waals surface area contributed by atoms with Gasteiger partial charge in [-0.3, -0.25) is 10.1 Å². The minimum atomic E-state index is -3.98. The predicted molar refractivity (Wildman–Crippen MR) is 110 cm³/mol. The van der Waals surface area contributed by atoms with E-state index in [4.69, 9.17) is 0 Å². The Morgan fingerprint density at radius 2 is 1.72 bits per heavy atom. The van der Waals surface area contributed by atoms with E-state index in [-0.39, 0.29) is 10.8 Å². The van der Waals surface area contributed by atoms with Crippen LogP contribution in [0.3, 0.4) is 0 Å². The largest absolute Gasteiger partial charge is 0.304 e. The Bertz CT molecular complexity index is 1090. The highest BCUT2D eigenvalue weighted by Crippen LogP contribution is 2.26. The van der Waals surface area contributed by atoms with Crippen LogP contribution < -0.4 is 9.62 Å². The number of halogens is 1. The number of anilines is 2. The van der Waals surface area contributed by atoms with Gasteiger partial charge in [0.1, 0.15) is 17.4 Å². The van der Waals surface area contributed by atoms with Crippen LogP contribution >= 0.6 is 11.3 Å². The first-order valence-corrected chi connectivity index (χ1v) is 10.6. The summed E-state index contributed by atoms with van der Waals surface area (Å²) in [6, 6.07) is 14.2. The van der Waals surface area contributed by atoms with Crippen molar-refractivity contribution in [1.82, 2.24) is 14.5 Å². The van der Waals surface area contributed by atoms with Crippen molar-refractivity contribution in [3.63, 3.8) is 0 Å². The fourth-order valence-corrected chi connectivity index (χ4v) is 4.20. The molecule has 0 fully saturated rings. The number of amides is 1. The Morgan fingerprint density at radius 3 is 2.34 bits per heavy atom. The molecule has 0 saturated heterocycles. The normalized spacial score (nSPS) is 11.4. The maximum Gasteiger partial charge on any atom is 0.304 e. The first kappa shape index (κ1) is 20.8. The third kappa shape index (κ3) is 4.94. The molecule has 0 spiro atoms. The SMILES string of the molecule is CN(C)S(=O)(=O)N(CC(=O)Nc1nnc(-c2ccccc2)s1)c1ccc(F)cc1. The number of hydrogen-bond donors (Lipinski definition) is 1. The quantitative estimate of drug-likeness (QED) is 0.616. The van der Waals surface area contributed by atoms with Crippen molar-refractivity contribution in [3.05, 3.63) is 60.4 Å². The second kappa shape index (κ2) is 8.64. The molecule has 0 bridgehead atoms. The standard InChI is InChI=1S/C18H18FN5O3S2/c1-23(2)29(26,27)24(15-10-8-14(19)9-11-15)12-16(25)20-18-22-21-17(28-18)13-6-4-3-5-7-13/h3-11H,12H2,1-2H3,(H,20,22,25). The topological polar surface area (TPSA) is 95.5 Å². The summed E-state index contributed by atoms with van der Waals surface area (Å²) < 4.78 is 40.4. The average molecular weight is 436 g/mol. The van der Waals surface area contributed by atoms with Crippen molar-refractivity contribution in [2.24, 2.45) is 0 Å². The predicted octanol–water partition coefficient (Wildman–Crippen LogP) is 2.60. The van der Waals surface area contributed by atoms with E-state index in [0.717, 1.165) is 26.3 Å². The Morgan fingerprint density at radius 1 is 1.07 bits per heavy atom. The molecule has 29 heavy (non-hydrogen) atoms. The highest BCUT2D eigenvalue weighted by molar-refractivity contribution is 7.90. The van der Waals surface area contributed by atoms with E-state index in [1.165, 1.54) is 37.6 Å². The molecule has 0 aliphatic rings. The number of nitrogens with zero attached hydrogens (tertiary/aromatic N) is 4. The van der Waals surface area contributed by atoms with Gasteiger partial charge in [0.25, 0.3) is 0 Å². The van der Waals surface area contributed by atoms with Gasteiger partial charge in [0.05, 0.1) is 5.69 Å². The van der Waals surface area contributed by atoms with Crippen LogP contribution in [0, 0.1) is 5.82 Å². The zero-order valence-electron chi connectivity index (χ0n) is 15.6. The summed E-state index contributed by atoms with van der Waals surface area (Å²) in [5, 5.41) is 11.4. The van der Waals surface area contributed by atoms with E-state index < -0.39 is 28.5 Å². The third-order valence-electron chi connectivity index (χ3n) is 3.83. The molecule has 3 aromatic rings. The molecule has 0 unspecified atom stereocenters. The highest BCUT2D eigenvalue weighted by atomic mass is 32.2. The number of benzene rings is 2. The fraction of sp³-hybridized carbons (Fsp3) is 0.167. The highest BCUT2D eigenvalue weighted by Gasteiger charge is 2.27. The Kier molecular flexibility index (Phi) is 6.20. The minimum Gasteiger partial charge on any atom is -0.299 e. The maximum atomic E-state index is 13.2. The molecule has 11 heteroatoms. The molecule has 2 aromatic carbocycles. The summed E-state index contributed by atoms with van der Waals surface area (Å²) in [6.45, 7) is -0.508. The lowest BCUT2D eigenvalue weighted by Crippen LogP contribution is -2.44. The molecule has 0 saturated carbocycles. The molecule has 3 rings (SSSR count). The van der Waals surface area contributed by atoms with Crippen LogP contribution in [0.5, 0.6) is 0 Å². The Labute approximate surface area is 171 Å². The molecule has 152 valence electrons. The van der Waals surface area contributed by atoms with Crippen molar-refractivity contribution in [1.29, 1.82) is 0 Å². The second-order valence-electron chi connectivity index (χ2n) is 6.10. The molecule has 1 heterocycles. The van der Waals surface area contributed by atoms with Gasteiger partial charge in [0.2, 0.25) is 11.0 Å². The van der Waals surface area contributed by atoms with Gasteiger partial charge in [-0.05, 0) is 24.3 Å². The molecular weight excluding hydrogens is 417 g/mol. The zero-order valence-corrected chi connectivity index (χ0v) is 17.2. The smallest absolute Gasteiger partial charge is 0.299 e. The monoisotopic (exact) mass is 435 g/mol. The molecular formula is C18H18FN5O3S2. The molecule has 0 atom stereocenters. The van der Waals surface area contributed by atoms with E-state index in [1.54, 1.807) is 0 Å². The van der Waals surface area contributed by atoms with Gasteiger partial charge in [0, 0.05) is 19.7 Å². The first-order valence-electron chi connectivity index (χ1n) is 8.42.